The molecule has 0 saturated carbocycles. The van der Waals surface area contributed by atoms with E-state index in [0.29, 0.717) is 16.5 Å². The van der Waals surface area contributed by atoms with Crippen LogP contribution in [0.15, 0.2) is 12.3 Å². The van der Waals surface area contributed by atoms with E-state index in [4.69, 9.17) is 27.5 Å². The molecule has 1 rings (SSSR count). The lowest BCUT2D eigenvalue weighted by atomic mass is 10.2. The number of hydrogen-bond donors (Lipinski definition) is 2. The van der Waals surface area contributed by atoms with Gasteiger partial charge in [0.25, 0.3) is 0 Å². The molecule has 4 nitrogen and oxygen atoms in total. The number of nitrogens with one attached hydrogen (secondary N) is 1. The number of halogens is 1. The van der Waals surface area contributed by atoms with E-state index >= 15 is 0 Å². The fourth-order valence-corrected chi connectivity index (χ4v) is 0.940. The van der Waals surface area contributed by atoms with Gasteiger partial charge >= 0.3 is 0 Å². The standard InChI is InChI=1S/C7H8ClN3O/c1-12-7-5(6(9)10)2-4(8)3-11-7/h2-3H,1H3,(H3,9,10). The number of ether oxygens (including phenoxy) is 1. The summed E-state index contributed by atoms with van der Waals surface area (Å²) in [5.41, 5.74) is 5.67. The van der Waals surface area contributed by atoms with Crippen molar-refractivity contribution in [2.45, 2.75) is 0 Å². The fraction of sp³-hybridized carbons (Fsp3) is 0.143. The predicted molar refractivity (Wildman–Crippen MR) is 46.8 cm³/mol. The van der Waals surface area contributed by atoms with Crippen LogP contribution >= 0.6 is 11.6 Å². The Bertz CT molecular complexity index is 314. The van der Waals surface area contributed by atoms with Crippen molar-refractivity contribution in [1.82, 2.24) is 4.98 Å². The van der Waals surface area contributed by atoms with Crippen LogP contribution in [0, 0.1) is 5.41 Å². The molecule has 0 unspecified atom stereocenters. The maximum Gasteiger partial charge on any atom is 0.224 e. The van der Waals surface area contributed by atoms with Gasteiger partial charge in [-0.15, -0.1) is 0 Å². The van der Waals surface area contributed by atoms with Crippen LogP contribution in [0.1, 0.15) is 5.56 Å². The first-order valence-corrected chi connectivity index (χ1v) is 3.57. The van der Waals surface area contributed by atoms with Gasteiger partial charge in [0.2, 0.25) is 5.88 Å². The maximum absolute atomic E-state index is 7.18. The van der Waals surface area contributed by atoms with Crippen LogP contribution < -0.4 is 10.5 Å². The van der Waals surface area contributed by atoms with Crippen molar-refractivity contribution in [1.29, 1.82) is 5.41 Å². The summed E-state index contributed by atoms with van der Waals surface area (Å²) in [6.45, 7) is 0. The molecule has 0 bridgehead atoms. The quantitative estimate of drug-likeness (QED) is 0.534. The summed E-state index contributed by atoms with van der Waals surface area (Å²) in [7, 11) is 1.46. The van der Waals surface area contributed by atoms with Crippen LogP contribution in [0.25, 0.3) is 0 Å². The number of rotatable bonds is 2. The first-order chi connectivity index (χ1) is 5.65. The van der Waals surface area contributed by atoms with Crippen molar-refractivity contribution in [3.05, 3.63) is 22.8 Å². The molecule has 0 aliphatic carbocycles. The molecule has 0 aromatic carbocycles. The van der Waals surface area contributed by atoms with Gasteiger partial charge in [-0.05, 0) is 6.07 Å². The molecule has 0 aliphatic heterocycles. The summed E-state index contributed by atoms with van der Waals surface area (Å²) in [4.78, 5) is 3.84. The monoisotopic (exact) mass is 185 g/mol. The zero-order valence-electron chi connectivity index (χ0n) is 6.47. The van der Waals surface area contributed by atoms with Crippen molar-refractivity contribution in [2.75, 3.05) is 7.11 Å². The molecule has 0 saturated heterocycles. The summed E-state index contributed by atoms with van der Waals surface area (Å²) in [5, 5.41) is 7.61. The van der Waals surface area contributed by atoms with Crippen LogP contribution in [0.2, 0.25) is 5.02 Å². The number of pyridine rings is 1. The van der Waals surface area contributed by atoms with Gasteiger partial charge < -0.3 is 10.5 Å². The van der Waals surface area contributed by atoms with Gasteiger partial charge in [0, 0.05) is 6.20 Å². The van der Waals surface area contributed by atoms with E-state index in [1.165, 1.54) is 19.4 Å². The molecule has 0 spiro atoms. The molecule has 0 radical (unpaired) electrons. The van der Waals surface area contributed by atoms with Crippen LogP contribution in [-0.2, 0) is 0 Å². The second kappa shape index (κ2) is 3.40. The van der Waals surface area contributed by atoms with E-state index in [-0.39, 0.29) is 5.84 Å². The molecule has 0 amide bonds. The van der Waals surface area contributed by atoms with Gasteiger partial charge in [-0.25, -0.2) is 4.98 Å². The Morgan fingerprint density at radius 2 is 2.42 bits per heavy atom. The number of hydrogen-bond acceptors (Lipinski definition) is 3. The van der Waals surface area contributed by atoms with Gasteiger partial charge in [-0.1, -0.05) is 11.6 Å². The Kier molecular flexibility index (Phi) is 2.50. The smallest absolute Gasteiger partial charge is 0.224 e. The molecule has 1 aromatic heterocycles. The van der Waals surface area contributed by atoms with Gasteiger partial charge in [0.05, 0.1) is 17.7 Å². The average Bonchev–Trinajstić information content (AvgIpc) is 2.04. The molecule has 1 aromatic rings. The zero-order valence-corrected chi connectivity index (χ0v) is 7.22. The molecule has 64 valence electrons. The third kappa shape index (κ3) is 1.65. The Balaban J connectivity index is 3.21. The Labute approximate surface area is 74.8 Å². The largest absolute Gasteiger partial charge is 0.480 e. The molecule has 3 N–H and O–H groups in total. The van der Waals surface area contributed by atoms with Crippen molar-refractivity contribution in [3.8, 4) is 5.88 Å². The highest BCUT2D eigenvalue weighted by atomic mass is 35.5. The van der Waals surface area contributed by atoms with Crippen LogP contribution in [0.3, 0.4) is 0 Å². The second-order valence-electron chi connectivity index (χ2n) is 2.12. The zero-order chi connectivity index (χ0) is 9.14. The number of nitrogens with zero attached hydrogens (tertiary/aromatic N) is 1. The average molecular weight is 186 g/mol. The summed E-state index contributed by atoms with van der Waals surface area (Å²) < 4.78 is 4.87. The predicted octanol–water partition coefficient (Wildman–Crippen LogP) is 1.03. The Morgan fingerprint density at radius 1 is 1.75 bits per heavy atom. The summed E-state index contributed by atoms with van der Waals surface area (Å²) in [6, 6.07) is 1.54. The molecule has 1 heterocycles. The Morgan fingerprint density at radius 3 is 2.92 bits per heavy atom. The van der Waals surface area contributed by atoms with E-state index in [9.17, 15) is 0 Å². The minimum Gasteiger partial charge on any atom is -0.480 e. The Hall–Kier alpha value is -1.29. The number of methoxy groups -OCH3 is 1. The van der Waals surface area contributed by atoms with Gasteiger partial charge in [0.1, 0.15) is 5.84 Å². The second-order valence-corrected chi connectivity index (χ2v) is 2.56. The van der Waals surface area contributed by atoms with E-state index in [1.54, 1.807) is 0 Å². The molecule has 0 aliphatic rings. The molecule has 0 fully saturated rings. The van der Waals surface area contributed by atoms with Crippen molar-refractivity contribution in [3.63, 3.8) is 0 Å². The van der Waals surface area contributed by atoms with Crippen molar-refractivity contribution < 1.29 is 4.74 Å². The lowest BCUT2D eigenvalue weighted by Crippen LogP contribution is -2.13. The summed E-state index contributed by atoms with van der Waals surface area (Å²) in [5.74, 6) is 0.203. The number of nitrogens with two attached hydrogens (primary N) is 1. The molecular formula is C7H8ClN3O. The van der Waals surface area contributed by atoms with Crippen LogP contribution in [0.4, 0.5) is 0 Å². The lowest BCUT2D eigenvalue weighted by molar-refractivity contribution is 0.397. The van der Waals surface area contributed by atoms with E-state index in [0.717, 1.165) is 0 Å². The van der Waals surface area contributed by atoms with Crippen molar-refractivity contribution in [2.24, 2.45) is 5.73 Å². The lowest BCUT2D eigenvalue weighted by Gasteiger charge is -2.04. The molecule has 12 heavy (non-hydrogen) atoms. The first-order valence-electron chi connectivity index (χ1n) is 3.19. The molecular weight excluding hydrogens is 178 g/mol. The third-order valence-corrected chi connectivity index (χ3v) is 1.51. The maximum atomic E-state index is 7.18. The summed E-state index contributed by atoms with van der Waals surface area (Å²) in [6.07, 6.45) is 1.44. The highest BCUT2D eigenvalue weighted by Crippen LogP contribution is 2.18. The fourth-order valence-electron chi connectivity index (χ4n) is 0.782. The number of amidine groups is 1. The normalized spacial score (nSPS) is 9.50. The topological polar surface area (TPSA) is 72.0 Å². The summed E-state index contributed by atoms with van der Waals surface area (Å²) >= 11 is 5.65. The van der Waals surface area contributed by atoms with Gasteiger partial charge in [-0.3, -0.25) is 5.41 Å². The minimum atomic E-state index is -0.109. The third-order valence-electron chi connectivity index (χ3n) is 1.30. The number of nitrogen functional groups attached to an aromatic ring is 1. The highest BCUT2D eigenvalue weighted by Gasteiger charge is 2.07. The van der Waals surface area contributed by atoms with Crippen LogP contribution in [0.5, 0.6) is 5.88 Å². The minimum absolute atomic E-state index is 0.109. The van der Waals surface area contributed by atoms with Crippen molar-refractivity contribution >= 4 is 17.4 Å². The van der Waals surface area contributed by atoms with E-state index in [1.807, 2.05) is 0 Å². The molecule has 5 heteroatoms. The highest BCUT2D eigenvalue weighted by molar-refractivity contribution is 6.30. The molecule has 0 atom stereocenters. The number of aromatic nitrogens is 1. The SMILES string of the molecule is COc1ncc(Cl)cc1C(=N)N. The van der Waals surface area contributed by atoms with Gasteiger partial charge in [-0.2, -0.15) is 0 Å². The van der Waals surface area contributed by atoms with Crippen LogP contribution in [-0.4, -0.2) is 17.9 Å². The van der Waals surface area contributed by atoms with Gasteiger partial charge in [0.15, 0.2) is 0 Å². The first kappa shape index (κ1) is 8.80. The van der Waals surface area contributed by atoms with E-state index < -0.39 is 0 Å². The van der Waals surface area contributed by atoms with E-state index in [2.05, 4.69) is 4.98 Å².